The maximum Gasteiger partial charge on any atom is 0.330 e. The molecule has 1 aliphatic rings. The van der Waals surface area contributed by atoms with E-state index >= 15 is 0 Å². The summed E-state index contributed by atoms with van der Waals surface area (Å²) < 4.78 is 5.21. The fourth-order valence-electron chi connectivity index (χ4n) is 5.75. The van der Waals surface area contributed by atoms with Crippen LogP contribution in [0.4, 0.5) is 0 Å². The van der Waals surface area contributed by atoms with E-state index in [9.17, 15) is 4.79 Å². The van der Waals surface area contributed by atoms with Crippen molar-refractivity contribution in [2.45, 2.75) is 25.7 Å². The van der Waals surface area contributed by atoms with E-state index in [0.717, 1.165) is 0 Å². The lowest BCUT2D eigenvalue weighted by atomic mass is 9.80. The van der Waals surface area contributed by atoms with Gasteiger partial charge in [-0.15, -0.1) is 0 Å². The molecule has 0 saturated heterocycles. The minimum atomic E-state index is -0.377. The normalized spacial score (nSPS) is 13.4. The summed E-state index contributed by atoms with van der Waals surface area (Å²) in [5.74, 6) is -0.377. The number of esters is 1. The van der Waals surface area contributed by atoms with Crippen molar-refractivity contribution < 1.29 is 9.53 Å². The van der Waals surface area contributed by atoms with Crippen molar-refractivity contribution in [2.75, 3.05) is 6.61 Å². The van der Waals surface area contributed by atoms with E-state index in [-0.39, 0.29) is 11.4 Å². The van der Waals surface area contributed by atoms with Gasteiger partial charge in [-0.25, -0.2) is 4.79 Å². The highest BCUT2D eigenvalue weighted by molar-refractivity contribution is 6.12. The van der Waals surface area contributed by atoms with Crippen molar-refractivity contribution in [2.24, 2.45) is 0 Å². The Kier molecular flexibility index (Phi) is 5.26. The lowest BCUT2D eigenvalue weighted by Gasteiger charge is -2.23. The molecule has 5 aromatic carbocycles. The molecule has 6 rings (SSSR count). The predicted octanol–water partition coefficient (Wildman–Crippen LogP) is 8.24. The van der Waals surface area contributed by atoms with Gasteiger partial charge in [-0.3, -0.25) is 0 Å². The first-order chi connectivity index (χ1) is 17.5. The molecule has 0 unspecified atom stereocenters. The summed E-state index contributed by atoms with van der Waals surface area (Å²) in [5.41, 5.74) is 8.85. The highest BCUT2D eigenvalue weighted by Gasteiger charge is 2.35. The fraction of sp³-hybridized carbons (Fsp3) is 0.147. The van der Waals surface area contributed by atoms with Crippen LogP contribution in [0.2, 0.25) is 0 Å². The van der Waals surface area contributed by atoms with Crippen LogP contribution < -0.4 is 0 Å². The predicted molar refractivity (Wildman–Crippen MR) is 149 cm³/mol. The second-order valence-electron chi connectivity index (χ2n) is 10.1. The molecule has 0 radical (unpaired) electrons. The molecular formula is C34H28O2. The molecule has 5 aromatic rings. The molecule has 2 heteroatoms. The summed E-state index contributed by atoms with van der Waals surface area (Å²) in [5, 5.41) is 5.08. The Morgan fingerprint density at radius 3 is 2.08 bits per heavy atom. The van der Waals surface area contributed by atoms with Gasteiger partial charge >= 0.3 is 5.97 Å². The van der Waals surface area contributed by atoms with Crippen molar-refractivity contribution in [3.8, 4) is 22.3 Å². The quantitative estimate of drug-likeness (QED) is 0.147. The zero-order chi connectivity index (χ0) is 24.9. The fourth-order valence-corrected chi connectivity index (χ4v) is 5.75. The van der Waals surface area contributed by atoms with E-state index in [1.807, 2.05) is 0 Å². The third-order valence-electron chi connectivity index (χ3n) is 7.60. The van der Waals surface area contributed by atoms with Crippen LogP contribution in [0.15, 0.2) is 104 Å². The summed E-state index contributed by atoms with van der Waals surface area (Å²) in [4.78, 5) is 11.4. The third-order valence-corrected chi connectivity index (χ3v) is 7.60. The standard InChI is InChI=1S/C34H28O2/c1-4-32(35)36-18-17-22-13-15-28-29-16-14-25(21-31(29)34(2,3)30(28)19-22)33-26-11-7-5-9-23(26)20-24-10-6-8-12-27(24)33/h4-16,19-21H,1,17-18H2,2-3H3. The van der Waals surface area contributed by atoms with Crippen molar-refractivity contribution in [3.05, 3.63) is 120 Å². The van der Waals surface area contributed by atoms with Crippen LogP contribution in [0.25, 0.3) is 43.8 Å². The molecule has 36 heavy (non-hydrogen) atoms. The molecular weight excluding hydrogens is 440 g/mol. The third kappa shape index (κ3) is 3.53. The van der Waals surface area contributed by atoms with Gasteiger partial charge in [0.1, 0.15) is 0 Å². The first-order valence-electron chi connectivity index (χ1n) is 12.5. The lowest BCUT2D eigenvalue weighted by Crippen LogP contribution is -2.15. The average molecular weight is 469 g/mol. The molecule has 0 heterocycles. The number of rotatable bonds is 5. The van der Waals surface area contributed by atoms with E-state index in [0.29, 0.717) is 13.0 Å². The number of fused-ring (bicyclic) bond motifs is 5. The molecule has 0 amide bonds. The van der Waals surface area contributed by atoms with Gasteiger partial charge < -0.3 is 4.74 Å². The number of carbonyl (C=O) groups is 1. The summed E-state index contributed by atoms with van der Waals surface area (Å²) in [6.45, 7) is 8.44. The van der Waals surface area contributed by atoms with Crippen LogP contribution in [0.3, 0.4) is 0 Å². The second kappa shape index (κ2) is 8.49. The lowest BCUT2D eigenvalue weighted by molar-refractivity contribution is -0.137. The average Bonchev–Trinajstić information content (AvgIpc) is 3.12. The Hall–Kier alpha value is -4.17. The Balaban J connectivity index is 1.45. The molecule has 176 valence electrons. The van der Waals surface area contributed by atoms with Gasteiger partial charge in [0.15, 0.2) is 0 Å². The smallest absolute Gasteiger partial charge is 0.330 e. The van der Waals surface area contributed by atoms with E-state index in [1.165, 1.54) is 66.6 Å². The Bertz CT molecular complexity index is 1620. The van der Waals surface area contributed by atoms with Gasteiger partial charge in [0, 0.05) is 17.9 Å². The molecule has 0 bridgehead atoms. The highest BCUT2D eigenvalue weighted by atomic mass is 16.5. The molecule has 0 saturated carbocycles. The number of ether oxygens (including phenoxy) is 1. The van der Waals surface area contributed by atoms with Crippen LogP contribution in [0.1, 0.15) is 30.5 Å². The summed E-state index contributed by atoms with van der Waals surface area (Å²) in [7, 11) is 0. The van der Waals surface area contributed by atoms with Crippen molar-refractivity contribution in [3.63, 3.8) is 0 Å². The van der Waals surface area contributed by atoms with Crippen LogP contribution in [-0.2, 0) is 21.4 Å². The van der Waals surface area contributed by atoms with Crippen LogP contribution in [-0.4, -0.2) is 12.6 Å². The largest absolute Gasteiger partial charge is 0.462 e. The van der Waals surface area contributed by atoms with Gasteiger partial charge in [-0.05, 0) is 72.6 Å². The number of hydrogen-bond acceptors (Lipinski definition) is 2. The second-order valence-corrected chi connectivity index (χ2v) is 10.1. The topological polar surface area (TPSA) is 26.3 Å². The van der Waals surface area contributed by atoms with Gasteiger partial charge in [0.2, 0.25) is 0 Å². The molecule has 0 aromatic heterocycles. The number of carbonyl (C=O) groups excluding carboxylic acids is 1. The van der Waals surface area contributed by atoms with Crippen LogP contribution in [0, 0.1) is 0 Å². The molecule has 0 atom stereocenters. The van der Waals surface area contributed by atoms with Crippen molar-refractivity contribution >= 4 is 27.5 Å². The van der Waals surface area contributed by atoms with Gasteiger partial charge in [-0.2, -0.15) is 0 Å². The number of benzene rings is 5. The zero-order valence-corrected chi connectivity index (χ0v) is 20.7. The van der Waals surface area contributed by atoms with E-state index in [1.54, 1.807) is 0 Å². The summed E-state index contributed by atoms with van der Waals surface area (Å²) >= 11 is 0. The monoisotopic (exact) mass is 468 g/mol. The van der Waals surface area contributed by atoms with Gasteiger partial charge in [0.25, 0.3) is 0 Å². The zero-order valence-electron chi connectivity index (χ0n) is 20.7. The van der Waals surface area contributed by atoms with Crippen LogP contribution >= 0.6 is 0 Å². The van der Waals surface area contributed by atoms with Crippen molar-refractivity contribution in [1.29, 1.82) is 0 Å². The molecule has 1 aliphatic carbocycles. The van der Waals surface area contributed by atoms with Crippen LogP contribution in [0.5, 0.6) is 0 Å². The summed E-state index contributed by atoms with van der Waals surface area (Å²) in [6.07, 6.45) is 1.89. The molecule has 0 aliphatic heterocycles. The van der Waals surface area contributed by atoms with E-state index in [2.05, 4.69) is 111 Å². The Morgan fingerprint density at radius 2 is 1.42 bits per heavy atom. The minimum absolute atomic E-state index is 0.130. The Morgan fingerprint density at radius 1 is 0.806 bits per heavy atom. The minimum Gasteiger partial charge on any atom is -0.462 e. The SMILES string of the molecule is C=CC(=O)OCCc1ccc2c(c1)C(C)(C)c1cc(-c3c4ccccc4cc4ccccc34)ccc1-2. The molecule has 2 nitrogen and oxygen atoms in total. The maximum atomic E-state index is 11.4. The highest BCUT2D eigenvalue weighted by Crippen LogP contribution is 2.50. The summed E-state index contributed by atoms with van der Waals surface area (Å²) in [6, 6.07) is 33.2. The number of hydrogen-bond donors (Lipinski definition) is 0. The van der Waals surface area contributed by atoms with E-state index in [4.69, 9.17) is 4.74 Å². The maximum absolute atomic E-state index is 11.4. The van der Waals surface area contributed by atoms with Gasteiger partial charge in [0.05, 0.1) is 6.61 Å². The first kappa shape index (κ1) is 22.3. The first-order valence-corrected chi connectivity index (χ1v) is 12.5. The van der Waals surface area contributed by atoms with E-state index < -0.39 is 0 Å². The molecule has 0 spiro atoms. The molecule has 0 N–H and O–H groups in total. The van der Waals surface area contributed by atoms with Gasteiger partial charge in [-0.1, -0.05) is 99.3 Å². The Labute approximate surface area is 211 Å². The molecule has 0 fully saturated rings. The van der Waals surface area contributed by atoms with Crippen molar-refractivity contribution in [1.82, 2.24) is 0 Å².